The van der Waals surface area contributed by atoms with Gasteiger partial charge in [0.15, 0.2) is 0 Å². The number of nitrogens with zero attached hydrogens (tertiary/aromatic N) is 1. The number of hydrogen-bond acceptors (Lipinski definition) is 5. The first-order valence-electron chi connectivity index (χ1n) is 6.77. The number of nitrogens with one attached hydrogen (secondary N) is 1. The zero-order valence-electron chi connectivity index (χ0n) is 12.1. The molecule has 0 fully saturated rings. The Labute approximate surface area is 121 Å². The summed E-state index contributed by atoms with van der Waals surface area (Å²) in [5.41, 5.74) is 6.66. The van der Waals surface area contributed by atoms with Crippen LogP contribution in [0, 0.1) is 0 Å². The van der Waals surface area contributed by atoms with E-state index in [1.165, 1.54) is 6.07 Å². The standard InChI is InChI=1S/C13H24N4O2S/c1-3-8-17(4-2)9-7-16-11-5-6-13(12(14)10-11)20(15,18)19/h5-6,10,16H,3-4,7-9,14H2,1-2H3,(H2,15,18,19). The molecule has 0 aliphatic rings. The summed E-state index contributed by atoms with van der Waals surface area (Å²) in [5.74, 6) is 0. The summed E-state index contributed by atoms with van der Waals surface area (Å²) >= 11 is 0. The van der Waals surface area contributed by atoms with Gasteiger partial charge in [0.1, 0.15) is 4.90 Å². The van der Waals surface area contributed by atoms with Crippen LogP contribution in [0.1, 0.15) is 20.3 Å². The highest BCUT2D eigenvalue weighted by Gasteiger charge is 2.12. The molecule has 0 bridgehead atoms. The third-order valence-electron chi connectivity index (χ3n) is 3.06. The van der Waals surface area contributed by atoms with Crippen LogP contribution in [0.4, 0.5) is 11.4 Å². The molecule has 0 radical (unpaired) electrons. The highest BCUT2D eigenvalue weighted by molar-refractivity contribution is 7.89. The molecule has 1 rings (SSSR count). The normalized spacial score (nSPS) is 11.8. The van der Waals surface area contributed by atoms with Gasteiger partial charge in [-0.2, -0.15) is 0 Å². The summed E-state index contributed by atoms with van der Waals surface area (Å²) in [4.78, 5) is 2.30. The minimum Gasteiger partial charge on any atom is -0.398 e. The first kappa shape index (κ1) is 16.7. The van der Waals surface area contributed by atoms with Gasteiger partial charge in [-0.05, 0) is 37.7 Å². The summed E-state index contributed by atoms with van der Waals surface area (Å²) in [6, 6.07) is 4.69. The Balaban J connectivity index is 2.60. The molecule has 0 aliphatic heterocycles. The molecule has 0 unspecified atom stereocenters. The second-order valence-corrected chi connectivity index (χ2v) is 6.19. The molecule has 7 heteroatoms. The van der Waals surface area contributed by atoms with Crippen molar-refractivity contribution >= 4 is 21.4 Å². The lowest BCUT2D eigenvalue weighted by Gasteiger charge is -2.20. The van der Waals surface area contributed by atoms with E-state index in [9.17, 15) is 8.42 Å². The lowest BCUT2D eigenvalue weighted by atomic mass is 10.3. The number of hydrogen-bond donors (Lipinski definition) is 3. The van der Waals surface area contributed by atoms with E-state index in [0.717, 1.165) is 38.3 Å². The molecule has 0 amide bonds. The van der Waals surface area contributed by atoms with E-state index in [2.05, 4.69) is 24.1 Å². The van der Waals surface area contributed by atoms with Crippen molar-refractivity contribution in [3.05, 3.63) is 18.2 Å². The summed E-state index contributed by atoms with van der Waals surface area (Å²) in [7, 11) is -3.76. The maximum absolute atomic E-state index is 11.2. The van der Waals surface area contributed by atoms with E-state index in [1.807, 2.05) is 0 Å². The molecule has 114 valence electrons. The third kappa shape index (κ3) is 4.99. The van der Waals surface area contributed by atoms with Crippen LogP contribution in [-0.4, -0.2) is 39.5 Å². The third-order valence-corrected chi connectivity index (χ3v) is 4.05. The van der Waals surface area contributed by atoms with Gasteiger partial charge in [0.25, 0.3) is 0 Å². The molecule has 5 N–H and O–H groups in total. The maximum Gasteiger partial charge on any atom is 0.240 e. The molecule has 1 aromatic rings. The molecule has 20 heavy (non-hydrogen) atoms. The van der Waals surface area contributed by atoms with E-state index in [0.29, 0.717) is 0 Å². The number of sulfonamides is 1. The topological polar surface area (TPSA) is 101 Å². The van der Waals surface area contributed by atoms with Gasteiger partial charge in [-0.15, -0.1) is 0 Å². The van der Waals surface area contributed by atoms with Gasteiger partial charge in [-0.1, -0.05) is 13.8 Å². The van der Waals surface area contributed by atoms with Crippen LogP contribution in [0.25, 0.3) is 0 Å². The lowest BCUT2D eigenvalue weighted by Crippen LogP contribution is -2.29. The fourth-order valence-electron chi connectivity index (χ4n) is 2.02. The number of nitrogen functional groups attached to an aromatic ring is 1. The quantitative estimate of drug-likeness (QED) is 0.623. The predicted octanol–water partition coefficient (Wildman–Crippen LogP) is 1.06. The number of nitrogens with two attached hydrogens (primary N) is 2. The van der Waals surface area contributed by atoms with Crippen molar-refractivity contribution in [2.24, 2.45) is 5.14 Å². The Morgan fingerprint density at radius 2 is 1.95 bits per heavy atom. The molecule has 0 saturated carbocycles. The Hall–Kier alpha value is -1.31. The minimum atomic E-state index is -3.76. The van der Waals surface area contributed by atoms with Gasteiger partial charge in [0, 0.05) is 18.8 Å². The SMILES string of the molecule is CCCN(CC)CCNc1ccc(S(N)(=O)=O)c(N)c1. The summed E-state index contributed by atoms with van der Waals surface area (Å²) < 4.78 is 22.5. The second kappa shape index (κ2) is 7.47. The molecule has 0 heterocycles. The van der Waals surface area contributed by atoms with Crippen molar-refractivity contribution in [2.75, 3.05) is 37.2 Å². The van der Waals surface area contributed by atoms with Gasteiger partial charge in [0.05, 0.1) is 5.69 Å². The largest absolute Gasteiger partial charge is 0.398 e. The number of benzene rings is 1. The number of anilines is 2. The van der Waals surface area contributed by atoms with Crippen molar-refractivity contribution in [1.82, 2.24) is 4.90 Å². The number of likely N-dealkylation sites (N-methyl/N-ethyl adjacent to an activating group) is 1. The zero-order valence-corrected chi connectivity index (χ0v) is 12.9. The summed E-state index contributed by atoms with van der Waals surface area (Å²) in [6.07, 6.45) is 1.13. The Morgan fingerprint density at radius 3 is 2.45 bits per heavy atom. The van der Waals surface area contributed by atoms with Crippen LogP contribution in [0.5, 0.6) is 0 Å². The molecule has 6 nitrogen and oxygen atoms in total. The highest BCUT2D eigenvalue weighted by atomic mass is 32.2. The summed E-state index contributed by atoms with van der Waals surface area (Å²) in [5, 5.41) is 8.29. The molecular weight excluding hydrogens is 276 g/mol. The first-order chi connectivity index (χ1) is 9.38. The smallest absolute Gasteiger partial charge is 0.240 e. The van der Waals surface area contributed by atoms with Crippen molar-refractivity contribution in [2.45, 2.75) is 25.2 Å². The second-order valence-electron chi connectivity index (χ2n) is 4.66. The molecule has 0 atom stereocenters. The Bertz CT molecular complexity index is 531. The Morgan fingerprint density at radius 1 is 1.25 bits per heavy atom. The monoisotopic (exact) mass is 300 g/mol. The molecule has 0 spiro atoms. The van der Waals surface area contributed by atoms with Crippen LogP contribution in [0.15, 0.2) is 23.1 Å². The van der Waals surface area contributed by atoms with Crippen molar-refractivity contribution < 1.29 is 8.42 Å². The van der Waals surface area contributed by atoms with Gasteiger partial charge in [-0.25, -0.2) is 13.6 Å². The molecule has 1 aromatic carbocycles. The van der Waals surface area contributed by atoms with Crippen LogP contribution < -0.4 is 16.2 Å². The van der Waals surface area contributed by atoms with Gasteiger partial charge >= 0.3 is 0 Å². The van der Waals surface area contributed by atoms with Crippen LogP contribution in [-0.2, 0) is 10.0 Å². The zero-order chi connectivity index (χ0) is 15.2. The van der Waals surface area contributed by atoms with E-state index in [1.54, 1.807) is 12.1 Å². The van der Waals surface area contributed by atoms with Crippen molar-refractivity contribution in [3.8, 4) is 0 Å². The average molecular weight is 300 g/mol. The van der Waals surface area contributed by atoms with Crippen molar-refractivity contribution in [1.29, 1.82) is 0 Å². The van der Waals surface area contributed by atoms with E-state index < -0.39 is 10.0 Å². The van der Waals surface area contributed by atoms with Crippen LogP contribution in [0.2, 0.25) is 0 Å². The first-order valence-corrected chi connectivity index (χ1v) is 8.31. The Kier molecular flexibility index (Phi) is 6.25. The van der Waals surface area contributed by atoms with Gasteiger partial charge in [-0.3, -0.25) is 0 Å². The van der Waals surface area contributed by atoms with Gasteiger partial charge < -0.3 is 16.0 Å². The number of rotatable bonds is 8. The van der Waals surface area contributed by atoms with E-state index >= 15 is 0 Å². The fourth-order valence-corrected chi connectivity index (χ4v) is 2.67. The predicted molar refractivity (Wildman–Crippen MR) is 83.1 cm³/mol. The minimum absolute atomic E-state index is 0.0378. The fraction of sp³-hybridized carbons (Fsp3) is 0.538. The number of primary sulfonamides is 1. The molecular formula is C13H24N4O2S. The lowest BCUT2D eigenvalue weighted by molar-refractivity contribution is 0.300. The maximum atomic E-state index is 11.2. The average Bonchev–Trinajstić information content (AvgIpc) is 2.36. The van der Waals surface area contributed by atoms with E-state index in [4.69, 9.17) is 10.9 Å². The van der Waals surface area contributed by atoms with Crippen molar-refractivity contribution in [3.63, 3.8) is 0 Å². The molecule has 0 aromatic heterocycles. The van der Waals surface area contributed by atoms with E-state index in [-0.39, 0.29) is 10.6 Å². The van der Waals surface area contributed by atoms with Crippen LogP contribution in [0.3, 0.4) is 0 Å². The highest BCUT2D eigenvalue weighted by Crippen LogP contribution is 2.21. The van der Waals surface area contributed by atoms with Gasteiger partial charge in [0.2, 0.25) is 10.0 Å². The van der Waals surface area contributed by atoms with Crippen LogP contribution >= 0.6 is 0 Å². The molecule has 0 aliphatic carbocycles. The molecule has 0 saturated heterocycles. The summed E-state index contributed by atoms with van der Waals surface area (Å²) in [6.45, 7) is 8.09.